The Bertz CT molecular complexity index is 551. The molecular formula is C14H18N2. The summed E-state index contributed by atoms with van der Waals surface area (Å²) in [6, 6.07) is 7.35. The van der Waals surface area contributed by atoms with Crippen LogP contribution < -0.4 is 5.32 Å². The van der Waals surface area contributed by atoms with Gasteiger partial charge in [-0.15, -0.1) is 0 Å². The molecule has 0 spiro atoms. The van der Waals surface area contributed by atoms with Crippen molar-refractivity contribution in [1.82, 2.24) is 9.88 Å². The van der Waals surface area contributed by atoms with Gasteiger partial charge in [-0.2, -0.15) is 0 Å². The molecule has 0 fully saturated rings. The second kappa shape index (κ2) is 3.36. The van der Waals surface area contributed by atoms with Crippen LogP contribution in [0.15, 0.2) is 18.2 Å². The normalized spacial score (nSPS) is 20.1. The van der Waals surface area contributed by atoms with Crippen LogP contribution >= 0.6 is 0 Å². The summed E-state index contributed by atoms with van der Waals surface area (Å²) in [7, 11) is 2.19. The maximum Gasteiger partial charge on any atom is 0.0483 e. The fourth-order valence-electron chi connectivity index (χ4n) is 2.78. The SMILES string of the molecule is Cc1ccc2c(c1)c1c(n2C)CC(C)NC1. The van der Waals surface area contributed by atoms with E-state index in [4.69, 9.17) is 0 Å². The second-order valence-electron chi connectivity index (χ2n) is 4.99. The third-order valence-corrected chi connectivity index (χ3v) is 3.72. The van der Waals surface area contributed by atoms with E-state index in [1.54, 1.807) is 0 Å². The maximum absolute atomic E-state index is 3.55. The molecule has 0 bridgehead atoms. The Kier molecular flexibility index (Phi) is 2.08. The van der Waals surface area contributed by atoms with E-state index in [-0.39, 0.29) is 0 Å². The molecule has 1 N–H and O–H groups in total. The highest BCUT2D eigenvalue weighted by atomic mass is 15.0. The predicted molar refractivity (Wildman–Crippen MR) is 67.7 cm³/mol. The number of rotatable bonds is 0. The van der Waals surface area contributed by atoms with Crippen LogP contribution in [0.25, 0.3) is 10.9 Å². The van der Waals surface area contributed by atoms with Crippen molar-refractivity contribution in [3.63, 3.8) is 0 Å². The molecule has 2 heterocycles. The van der Waals surface area contributed by atoms with Crippen molar-refractivity contribution in [2.24, 2.45) is 7.05 Å². The fourth-order valence-corrected chi connectivity index (χ4v) is 2.78. The van der Waals surface area contributed by atoms with Gasteiger partial charge in [0.2, 0.25) is 0 Å². The van der Waals surface area contributed by atoms with Gasteiger partial charge in [0.15, 0.2) is 0 Å². The standard InChI is InChI=1S/C14H18N2/c1-9-4-5-13-11(6-9)12-8-15-10(2)7-14(12)16(13)3/h4-6,10,15H,7-8H2,1-3H3. The zero-order valence-electron chi connectivity index (χ0n) is 10.2. The number of hydrogen-bond donors (Lipinski definition) is 1. The molecule has 1 atom stereocenters. The van der Waals surface area contributed by atoms with Gasteiger partial charge in [-0.3, -0.25) is 0 Å². The molecule has 3 rings (SSSR count). The Morgan fingerprint density at radius 2 is 2.19 bits per heavy atom. The summed E-state index contributed by atoms with van der Waals surface area (Å²) < 4.78 is 2.36. The van der Waals surface area contributed by atoms with Gasteiger partial charge < -0.3 is 9.88 Å². The quantitative estimate of drug-likeness (QED) is 0.713. The summed E-state index contributed by atoms with van der Waals surface area (Å²) in [5, 5.41) is 4.98. The minimum Gasteiger partial charge on any atom is -0.347 e. The lowest BCUT2D eigenvalue weighted by molar-refractivity contribution is 0.501. The molecule has 1 aromatic carbocycles. The molecule has 2 nitrogen and oxygen atoms in total. The zero-order chi connectivity index (χ0) is 11.3. The minimum absolute atomic E-state index is 0.594. The van der Waals surface area contributed by atoms with E-state index in [1.165, 1.54) is 27.7 Å². The summed E-state index contributed by atoms with van der Waals surface area (Å²) in [5.74, 6) is 0. The molecule has 84 valence electrons. The first-order valence-electron chi connectivity index (χ1n) is 5.97. The molecule has 0 saturated carbocycles. The van der Waals surface area contributed by atoms with Crippen LogP contribution in [0.4, 0.5) is 0 Å². The molecule has 1 aliphatic heterocycles. The first kappa shape index (κ1) is 9.91. The molecular weight excluding hydrogens is 196 g/mol. The minimum atomic E-state index is 0.594. The van der Waals surface area contributed by atoms with Gasteiger partial charge in [0.05, 0.1) is 0 Å². The van der Waals surface area contributed by atoms with Crippen molar-refractivity contribution >= 4 is 10.9 Å². The first-order chi connectivity index (χ1) is 7.66. The number of benzene rings is 1. The zero-order valence-corrected chi connectivity index (χ0v) is 10.2. The second-order valence-corrected chi connectivity index (χ2v) is 4.99. The van der Waals surface area contributed by atoms with Gasteiger partial charge in [-0.05, 0) is 31.5 Å². The number of nitrogens with zero attached hydrogens (tertiary/aromatic N) is 1. The van der Waals surface area contributed by atoms with E-state index in [0.717, 1.165) is 13.0 Å². The van der Waals surface area contributed by atoms with E-state index in [2.05, 4.69) is 49.0 Å². The molecule has 0 amide bonds. The van der Waals surface area contributed by atoms with Crippen LogP contribution in [0.3, 0.4) is 0 Å². The predicted octanol–water partition coefficient (Wildman–Crippen LogP) is 2.52. The highest BCUT2D eigenvalue weighted by Gasteiger charge is 2.21. The van der Waals surface area contributed by atoms with E-state index >= 15 is 0 Å². The summed E-state index contributed by atoms with van der Waals surface area (Å²) >= 11 is 0. The van der Waals surface area contributed by atoms with E-state index in [0.29, 0.717) is 6.04 Å². The Labute approximate surface area is 96.3 Å². The molecule has 2 aromatic rings. The summed E-state index contributed by atoms with van der Waals surface area (Å²) in [4.78, 5) is 0. The molecule has 1 aromatic heterocycles. The number of nitrogens with one attached hydrogen (secondary N) is 1. The Morgan fingerprint density at radius 1 is 1.38 bits per heavy atom. The van der Waals surface area contributed by atoms with Crippen LogP contribution in [0.1, 0.15) is 23.7 Å². The average Bonchev–Trinajstić information content (AvgIpc) is 2.52. The molecule has 0 radical (unpaired) electrons. The topological polar surface area (TPSA) is 17.0 Å². The van der Waals surface area contributed by atoms with Crippen molar-refractivity contribution in [2.45, 2.75) is 32.9 Å². The van der Waals surface area contributed by atoms with Crippen LogP contribution in [-0.4, -0.2) is 10.6 Å². The van der Waals surface area contributed by atoms with Crippen molar-refractivity contribution in [1.29, 1.82) is 0 Å². The molecule has 16 heavy (non-hydrogen) atoms. The summed E-state index contributed by atoms with van der Waals surface area (Å²) in [6.45, 7) is 5.43. The van der Waals surface area contributed by atoms with Gasteiger partial charge >= 0.3 is 0 Å². The van der Waals surface area contributed by atoms with Gasteiger partial charge in [0.25, 0.3) is 0 Å². The van der Waals surface area contributed by atoms with Gasteiger partial charge in [-0.1, -0.05) is 11.6 Å². The fraction of sp³-hybridized carbons (Fsp3) is 0.429. The number of aryl methyl sites for hydroxylation is 2. The lowest BCUT2D eigenvalue weighted by Crippen LogP contribution is -2.33. The summed E-state index contributed by atoms with van der Waals surface area (Å²) in [6.07, 6.45) is 1.14. The molecule has 2 heteroatoms. The van der Waals surface area contributed by atoms with Crippen molar-refractivity contribution in [3.05, 3.63) is 35.0 Å². The Morgan fingerprint density at radius 3 is 3.00 bits per heavy atom. The largest absolute Gasteiger partial charge is 0.347 e. The molecule has 1 aliphatic rings. The number of aromatic nitrogens is 1. The van der Waals surface area contributed by atoms with E-state index < -0.39 is 0 Å². The van der Waals surface area contributed by atoms with E-state index in [1.807, 2.05) is 0 Å². The number of hydrogen-bond acceptors (Lipinski definition) is 1. The van der Waals surface area contributed by atoms with Crippen LogP contribution in [0, 0.1) is 6.92 Å². The first-order valence-corrected chi connectivity index (χ1v) is 5.97. The van der Waals surface area contributed by atoms with Crippen molar-refractivity contribution in [3.8, 4) is 0 Å². The van der Waals surface area contributed by atoms with E-state index in [9.17, 15) is 0 Å². The Balaban J connectivity index is 2.32. The Hall–Kier alpha value is -1.28. The lowest BCUT2D eigenvalue weighted by Gasteiger charge is -2.21. The summed E-state index contributed by atoms with van der Waals surface area (Å²) in [5.41, 5.74) is 5.72. The van der Waals surface area contributed by atoms with Crippen LogP contribution in [0.5, 0.6) is 0 Å². The lowest BCUT2D eigenvalue weighted by atomic mass is 10.0. The average molecular weight is 214 g/mol. The van der Waals surface area contributed by atoms with Gasteiger partial charge in [0, 0.05) is 42.7 Å². The molecule has 0 aliphatic carbocycles. The monoisotopic (exact) mass is 214 g/mol. The van der Waals surface area contributed by atoms with Crippen molar-refractivity contribution < 1.29 is 0 Å². The van der Waals surface area contributed by atoms with Crippen LogP contribution in [-0.2, 0) is 20.0 Å². The smallest absolute Gasteiger partial charge is 0.0483 e. The molecule has 0 saturated heterocycles. The third kappa shape index (κ3) is 1.30. The highest BCUT2D eigenvalue weighted by molar-refractivity contribution is 5.86. The van der Waals surface area contributed by atoms with Crippen LogP contribution in [0.2, 0.25) is 0 Å². The highest BCUT2D eigenvalue weighted by Crippen LogP contribution is 2.29. The maximum atomic E-state index is 3.55. The van der Waals surface area contributed by atoms with Gasteiger partial charge in [0.1, 0.15) is 0 Å². The molecule has 1 unspecified atom stereocenters. The third-order valence-electron chi connectivity index (χ3n) is 3.72. The van der Waals surface area contributed by atoms with Gasteiger partial charge in [-0.25, -0.2) is 0 Å². The van der Waals surface area contributed by atoms with Crippen molar-refractivity contribution in [2.75, 3.05) is 0 Å². The number of fused-ring (bicyclic) bond motifs is 3.